The number of aryl methyl sites for hydroxylation is 5. The summed E-state index contributed by atoms with van der Waals surface area (Å²) in [5, 5.41) is 8.52. The number of pyridine rings is 4. The number of nitrogens with zero attached hydrogens (tertiary/aromatic N) is 4. The molecule has 0 radical (unpaired) electrons. The molecule has 0 amide bonds. The summed E-state index contributed by atoms with van der Waals surface area (Å²) in [5.74, 6) is 0. The number of hydrogen-bond donors (Lipinski definition) is 0. The molecule has 15 rings (SSSR count). The fourth-order valence-electron chi connectivity index (χ4n) is 12.0. The number of furan rings is 1. The number of rotatable bonds is 3. The van der Waals surface area contributed by atoms with Crippen LogP contribution in [0.5, 0.6) is 0 Å². The van der Waals surface area contributed by atoms with Crippen molar-refractivity contribution < 1.29 is 22.2 Å². The van der Waals surface area contributed by atoms with E-state index in [1.807, 2.05) is 25.1 Å². The van der Waals surface area contributed by atoms with Crippen LogP contribution in [0.3, 0.4) is 0 Å². The molecule has 0 fully saturated rings. The van der Waals surface area contributed by atoms with Crippen LogP contribution in [0.1, 0.15) is 49.0 Å². The molecule has 5 aromatic heterocycles. The van der Waals surface area contributed by atoms with Crippen LogP contribution in [0.25, 0.3) is 111 Å². The van der Waals surface area contributed by atoms with Gasteiger partial charge in [0.05, 0.1) is 40.6 Å². The van der Waals surface area contributed by atoms with Crippen molar-refractivity contribution in [3.63, 3.8) is 0 Å². The zero-order chi connectivity index (χ0) is 54.3. The summed E-state index contributed by atoms with van der Waals surface area (Å²) >= 11 is 0. The Labute approximate surface area is 448 Å². The van der Waals surface area contributed by atoms with Crippen molar-refractivity contribution in [2.45, 2.75) is 40.5 Å². The van der Waals surface area contributed by atoms with Crippen LogP contribution in [0.2, 0.25) is 0 Å². The molecular formula is C71H59N4O+3. The second kappa shape index (κ2) is 18.7. The van der Waals surface area contributed by atoms with Crippen LogP contribution in [0, 0.1) is 27.6 Å². The van der Waals surface area contributed by atoms with Gasteiger partial charge in [-0.2, -0.15) is 13.7 Å². The normalized spacial score (nSPS) is 12.8. The van der Waals surface area contributed by atoms with Gasteiger partial charge in [-0.25, -0.2) is 0 Å². The lowest BCUT2D eigenvalue weighted by Gasteiger charge is -2.08. The fourth-order valence-corrected chi connectivity index (χ4v) is 12.0. The minimum atomic E-state index is -2.08. The largest absolute Gasteiger partial charge is 0.403 e. The van der Waals surface area contributed by atoms with Gasteiger partial charge < -0.3 is 4.42 Å². The summed E-state index contributed by atoms with van der Waals surface area (Å²) in [6.07, 6.45) is 1.80. The maximum Gasteiger partial charge on any atom is 0.381 e. The minimum absolute atomic E-state index is 0.380. The van der Waals surface area contributed by atoms with Crippen LogP contribution in [0.4, 0.5) is 0 Å². The summed E-state index contributed by atoms with van der Waals surface area (Å²) in [6, 6.07) is 72.2. The molecule has 76 heavy (non-hydrogen) atoms. The molecule has 0 unspecified atom stereocenters. The third-order valence-electron chi connectivity index (χ3n) is 16.1. The molecule has 8 aromatic carbocycles. The van der Waals surface area contributed by atoms with Gasteiger partial charge in [0.25, 0.3) is 0 Å². The molecule has 5 nitrogen and oxygen atoms in total. The van der Waals surface area contributed by atoms with E-state index < -0.39 is 6.85 Å². The quantitative estimate of drug-likeness (QED) is 0.165. The SMILES string of the molecule is Cc1ccccc1-c1ccc2c([n+]1C)Cc1ccc3ccccc3c1-2.Cc1ccccc1-c1ccc2c3ccc4ccccc4c3oc2[n+]1C.[2H]C([2H])([2H])c1ccc(-c2ccc3c([n+]2C)Cc2nc4ccccc4cc2-3)c(C)c1. The van der Waals surface area contributed by atoms with E-state index in [9.17, 15) is 0 Å². The number of aromatic nitrogens is 4. The van der Waals surface area contributed by atoms with Crippen molar-refractivity contribution >= 4 is 54.5 Å². The van der Waals surface area contributed by atoms with E-state index in [4.69, 9.17) is 13.5 Å². The Morgan fingerprint density at radius 1 is 0.421 bits per heavy atom. The highest BCUT2D eigenvalue weighted by Gasteiger charge is 2.32. The van der Waals surface area contributed by atoms with Gasteiger partial charge in [0, 0.05) is 60.7 Å². The maximum atomic E-state index is 7.64. The number of benzene rings is 8. The summed E-state index contributed by atoms with van der Waals surface area (Å²) in [5.41, 5.74) is 24.4. The third-order valence-corrected chi connectivity index (χ3v) is 16.1. The topological polar surface area (TPSA) is 37.7 Å². The van der Waals surface area contributed by atoms with Crippen LogP contribution in [0.15, 0.2) is 211 Å². The lowest BCUT2D eigenvalue weighted by Crippen LogP contribution is -2.36. The molecule has 366 valence electrons. The smallest absolute Gasteiger partial charge is 0.381 e. The molecule has 2 aliphatic rings. The molecule has 0 bridgehead atoms. The summed E-state index contributed by atoms with van der Waals surface area (Å²) in [6.45, 7) is 4.22. The fraction of sp³-hybridized carbons (Fsp3) is 0.127. The molecule has 0 saturated heterocycles. The van der Waals surface area contributed by atoms with E-state index in [2.05, 4.69) is 225 Å². The Morgan fingerprint density at radius 3 is 1.68 bits per heavy atom. The molecule has 0 saturated carbocycles. The summed E-state index contributed by atoms with van der Waals surface area (Å²) in [4.78, 5) is 4.89. The molecule has 5 heteroatoms. The Balaban J connectivity index is 0.000000113. The second-order valence-electron chi connectivity index (χ2n) is 20.5. The number of hydrogen-bond acceptors (Lipinski definition) is 2. The van der Waals surface area contributed by atoms with Crippen LogP contribution < -0.4 is 13.7 Å². The predicted octanol–water partition coefficient (Wildman–Crippen LogP) is 15.7. The molecule has 0 spiro atoms. The van der Waals surface area contributed by atoms with Crippen molar-refractivity contribution in [3.8, 4) is 56.0 Å². The number of para-hydroxylation sites is 1. The van der Waals surface area contributed by atoms with E-state index in [1.54, 1.807) is 12.1 Å². The van der Waals surface area contributed by atoms with Gasteiger partial charge >= 0.3 is 5.71 Å². The van der Waals surface area contributed by atoms with Crippen molar-refractivity contribution in [3.05, 3.63) is 251 Å². The summed E-state index contributed by atoms with van der Waals surface area (Å²) < 4.78 is 36.1. The standard InChI is InChI=1S/C24H21N2.C24H20N.C23H18NO/c1-15-8-9-18(16(2)12-15)23-11-10-19-20-13-17-6-4-5-7-21(17)25-22(20)14-24(19)26(23)3;1-16-7-3-5-9-19(16)22-14-13-21-23(25(22)2)15-18-12-11-17-8-4-6-10-20(17)24(18)21;1-15-7-3-5-9-17(15)21-14-13-20-19-12-11-16-8-4-6-10-18(16)22(19)25-23(20)24(21)2/h4-13H,14H2,1-3H3;3-14H,15H2,1-2H3;3-14H,1-2H3/q3*+1/i1D3;;. The lowest BCUT2D eigenvalue weighted by molar-refractivity contribution is -0.667. The second-order valence-corrected chi connectivity index (χ2v) is 20.5. The van der Waals surface area contributed by atoms with E-state index >= 15 is 0 Å². The molecule has 0 N–H and O–H groups in total. The minimum Gasteiger partial charge on any atom is -0.403 e. The highest BCUT2D eigenvalue weighted by molar-refractivity contribution is 6.14. The van der Waals surface area contributed by atoms with Crippen LogP contribution in [-0.4, -0.2) is 4.98 Å². The average molecular weight is 987 g/mol. The Hall–Kier alpha value is -9.06. The van der Waals surface area contributed by atoms with Gasteiger partial charge in [-0.3, -0.25) is 4.98 Å². The molecular weight excluding hydrogens is 925 g/mol. The van der Waals surface area contributed by atoms with E-state index in [0.717, 1.165) is 74.0 Å². The summed E-state index contributed by atoms with van der Waals surface area (Å²) in [7, 11) is 6.36. The van der Waals surface area contributed by atoms with E-state index in [1.165, 1.54) is 88.7 Å². The van der Waals surface area contributed by atoms with Crippen molar-refractivity contribution in [1.29, 1.82) is 0 Å². The zero-order valence-electron chi connectivity index (χ0n) is 46.7. The van der Waals surface area contributed by atoms with Gasteiger partial charge in [0.15, 0.2) is 11.4 Å². The Bertz CT molecular complexity index is 4630. The first-order valence-corrected chi connectivity index (χ1v) is 26.2. The van der Waals surface area contributed by atoms with Gasteiger partial charge in [-0.15, -0.1) is 0 Å². The van der Waals surface area contributed by atoms with E-state index in [0.29, 0.717) is 5.56 Å². The zero-order valence-corrected chi connectivity index (χ0v) is 43.7. The molecule has 0 aliphatic heterocycles. The highest BCUT2D eigenvalue weighted by atomic mass is 16.3. The monoisotopic (exact) mass is 986 g/mol. The lowest BCUT2D eigenvalue weighted by atomic mass is 9.98. The molecule has 0 atom stereocenters. The first-order valence-electron chi connectivity index (χ1n) is 27.7. The van der Waals surface area contributed by atoms with Crippen LogP contribution >= 0.6 is 0 Å². The first-order chi connectivity index (χ1) is 38.3. The van der Waals surface area contributed by atoms with Crippen molar-refractivity contribution in [2.24, 2.45) is 21.1 Å². The highest BCUT2D eigenvalue weighted by Crippen LogP contribution is 2.42. The molecule has 13 aromatic rings. The first kappa shape index (κ1) is 43.4. The van der Waals surface area contributed by atoms with E-state index in [-0.39, 0.29) is 0 Å². The van der Waals surface area contributed by atoms with Crippen molar-refractivity contribution in [2.75, 3.05) is 0 Å². The molecule has 5 heterocycles. The average Bonchev–Trinajstić information content (AvgIpc) is 4.29. The van der Waals surface area contributed by atoms with Crippen molar-refractivity contribution in [1.82, 2.24) is 4.98 Å². The maximum absolute atomic E-state index is 7.64. The van der Waals surface area contributed by atoms with Gasteiger partial charge in [-0.1, -0.05) is 139 Å². The third kappa shape index (κ3) is 7.85. The van der Waals surface area contributed by atoms with Gasteiger partial charge in [-0.05, 0) is 126 Å². The number of fused-ring (bicyclic) bond motifs is 14. The Morgan fingerprint density at radius 2 is 0.974 bits per heavy atom. The Kier molecular flexibility index (Phi) is 10.7. The van der Waals surface area contributed by atoms with Gasteiger partial charge in [0.2, 0.25) is 17.1 Å². The van der Waals surface area contributed by atoms with Crippen LogP contribution in [-0.2, 0) is 34.0 Å². The molecule has 2 aliphatic carbocycles. The predicted molar refractivity (Wildman–Crippen MR) is 312 cm³/mol. The van der Waals surface area contributed by atoms with Gasteiger partial charge in [0.1, 0.15) is 26.7 Å².